The predicted molar refractivity (Wildman–Crippen MR) is 141 cm³/mol. The van der Waals surface area contributed by atoms with E-state index in [1.165, 1.54) is 82.0 Å². The summed E-state index contributed by atoms with van der Waals surface area (Å²) >= 11 is 0. The average molecular weight is 420 g/mol. The highest BCUT2D eigenvalue weighted by Gasteiger charge is 2.23. The summed E-state index contributed by atoms with van der Waals surface area (Å²) in [5.74, 6) is 0. The van der Waals surface area contributed by atoms with Crippen LogP contribution in [-0.2, 0) is 0 Å². The molecule has 0 saturated heterocycles. The first-order chi connectivity index (χ1) is 16.0. The highest BCUT2D eigenvalue weighted by molar-refractivity contribution is 6.23. The van der Waals surface area contributed by atoms with Gasteiger partial charge in [-0.25, -0.2) is 4.85 Å². The normalized spacial score (nSPS) is 12.1. The summed E-state index contributed by atoms with van der Waals surface area (Å²) in [5.41, 5.74) is 9.91. The highest BCUT2D eigenvalue weighted by atomic mass is 14.6. The molecule has 0 heterocycles. The van der Waals surface area contributed by atoms with E-state index in [4.69, 9.17) is 6.57 Å². The van der Waals surface area contributed by atoms with Gasteiger partial charge in [0.15, 0.2) is 5.69 Å². The van der Waals surface area contributed by atoms with Gasteiger partial charge in [-0.05, 0) is 121 Å². The fraction of sp³-hybridized carbons (Fsp3) is 0.0938. The third kappa shape index (κ3) is 2.31. The molecule has 7 rings (SSSR count). The van der Waals surface area contributed by atoms with Crippen molar-refractivity contribution >= 4 is 48.8 Å². The molecule has 1 heteroatoms. The largest absolute Gasteiger partial charge is 0.238 e. The van der Waals surface area contributed by atoms with E-state index in [1.54, 1.807) is 0 Å². The molecular formula is C32H21N. The van der Waals surface area contributed by atoms with Crippen LogP contribution in [0.15, 0.2) is 72.8 Å². The molecule has 1 aliphatic rings. The lowest BCUT2D eigenvalue weighted by Crippen LogP contribution is -1.89. The molecule has 0 N–H and O–H groups in total. The van der Waals surface area contributed by atoms with E-state index >= 15 is 0 Å². The second-order valence-electron chi connectivity index (χ2n) is 9.43. The summed E-state index contributed by atoms with van der Waals surface area (Å²) in [4.78, 5) is 3.64. The predicted octanol–water partition coefficient (Wildman–Crippen LogP) is 9.42. The van der Waals surface area contributed by atoms with Crippen LogP contribution in [-0.4, -0.2) is 0 Å². The van der Waals surface area contributed by atoms with Crippen molar-refractivity contribution in [2.75, 3.05) is 0 Å². The van der Waals surface area contributed by atoms with Crippen LogP contribution in [0.3, 0.4) is 0 Å². The maximum Gasteiger partial charge on any atom is 0.187 e. The first-order valence-corrected chi connectivity index (χ1v) is 11.4. The van der Waals surface area contributed by atoms with Crippen molar-refractivity contribution in [2.45, 2.75) is 20.8 Å². The number of nitrogens with zero attached hydrogens (tertiary/aromatic N) is 1. The molecule has 6 aromatic carbocycles. The molecule has 0 aromatic heterocycles. The molecule has 1 aliphatic carbocycles. The van der Waals surface area contributed by atoms with Crippen molar-refractivity contribution in [3.63, 3.8) is 0 Å². The number of fused-ring (bicyclic) bond motifs is 8. The number of aryl methyl sites for hydroxylation is 3. The van der Waals surface area contributed by atoms with Gasteiger partial charge >= 0.3 is 0 Å². The molecule has 0 unspecified atom stereocenters. The molecule has 0 spiro atoms. The van der Waals surface area contributed by atoms with E-state index in [0.29, 0.717) is 5.69 Å². The fourth-order valence-electron chi connectivity index (χ4n) is 5.95. The molecule has 0 amide bonds. The molecule has 0 fully saturated rings. The summed E-state index contributed by atoms with van der Waals surface area (Å²) in [6.45, 7) is 14.0. The van der Waals surface area contributed by atoms with E-state index in [-0.39, 0.29) is 0 Å². The fourth-order valence-corrected chi connectivity index (χ4v) is 5.95. The minimum atomic E-state index is 0.696. The zero-order chi connectivity index (χ0) is 22.4. The van der Waals surface area contributed by atoms with Crippen molar-refractivity contribution in [1.29, 1.82) is 0 Å². The van der Waals surface area contributed by atoms with Crippen LogP contribution < -0.4 is 0 Å². The minimum Gasteiger partial charge on any atom is -0.238 e. The van der Waals surface area contributed by atoms with Gasteiger partial charge in [0.2, 0.25) is 0 Å². The molecule has 1 nitrogen and oxygen atoms in total. The van der Waals surface area contributed by atoms with E-state index in [0.717, 1.165) is 0 Å². The van der Waals surface area contributed by atoms with Crippen molar-refractivity contribution < 1.29 is 0 Å². The molecule has 154 valence electrons. The SMILES string of the molecule is [C-]#[N+]c1ccc2c(c1)c(C)cc1c3cc4c(cc3c(C)cc21)-c1ccc(C)c2cccc-4c12. The lowest BCUT2D eigenvalue weighted by atomic mass is 9.89. The minimum absolute atomic E-state index is 0.696. The Hall–Kier alpha value is -4.15. The van der Waals surface area contributed by atoms with Crippen molar-refractivity contribution in [3.8, 4) is 22.3 Å². The topological polar surface area (TPSA) is 4.36 Å². The molecule has 0 radical (unpaired) electrons. The molecule has 0 bridgehead atoms. The van der Waals surface area contributed by atoms with Gasteiger partial charge in [0.05, 0.1) is 6.57 Å². The average Bonchev–Trinajstić information content (AvgIpc) is 3.15. The van der Waals surface area contributed by atoms with Crippen LogP contribution in [0.25, 0.3) is 70.2 Å². The van der Waals surface area contributed by atoms with Gasteiger partial charge in [0, 0.05) is 0 Å². The Labute approximate surface area is 192 Å². The van der Waals surface area contributed by atoms with Gasteiger partial charge in [-0.15, -0.1) is 0 Å². The van der Waals surface area contributed by atoms with Crippen molar-refractivity contribution in [2.24, 2.45) is 0 Å². The number of benzene rings is 6. The molecule has 0 aliphatic heterocycles. The number of hydrogen-bond acceptors (Lipinski definition) is 0. The summed E-state index contributed by atoms with van der Waals surface area (Å²) in [6.07, 6.45) is 0. The Morgan fingerprint density at radius 1 is 0.485 bits per heavy atom. The smallest absolute Gasteiger partial charge is 0.187 e. The Morgan fingerprint density at radius 3 is 1.88 bits per heavy atom. The monoisotopic (exact) mass is 419 g/mol. The summed E-state index contributed by atoms with van der Waals surface area (Å²) in [5, 5.41) is 10.3. The van der Waals surface area contributed by atoms with Crippen molar-refractivity contribution in [3.05, 3.63) is 101 Å². The van der Waals surface area contributed by atoms with E-state index < -0.39 is 0 Å². The van der Waals surface area contributed by atoms with Gasteiger partial charge in [-0.3, -0.25) is 0 Å². The molecule has 33 heavy (non-hydrogen) atoms. The van der Waals surface area contributed by atoms with Crippen LogP contribution in [0.5, 0.6) is 0 Å². The maximum atomic E-state index is 7.41. The third-order valence-corrected chi connectivity index (χ3v) is 7.57. The second kappa shape index (κ2) is 6.21. The Balaban J connectivity index is 1.65. The Kier molecular flexibility index (Phi) is 3.47. The molecule has 0 saturated carbocycles. The third-order valence-electron chi connectivity index (χ3n) is 7.57. The van der Waals surface area contributed by atoms with Gasteiger partial charge < -0.3 is 0 Å². The quantitative estimate of drug-likeness (QED) is 0.170. The lowest BCUT2D eigenvalue weighted by Gasteiger charge is -2.15. The Morgan fingerprint density at radius 2 is 1.12 bits per heavy atom. The standard InChI is InChI=1S/C32H21N/c1-17-8-10-24-29-15-26-19(3)12-27-22-11-9-20(33-4)14-25(22)18(2)13-28(27)31(26)16-30(29)23-7-5-6-21(17)32(23)24/h5-16H,1-3H3. The Bertz CT molecular complexity index is 1900. The summed E-state index contributed by atoms with van der Waals surface area (Å²) in [6, 6.07) is 26.8. The highest BCUT2D eigenvalue weighted by Crippen LogP contribution is 2.50. The second-order valence-corrected chi connectivity index (χ2v) is 9.43. The first-order valence-electron chi connectivity index (χ1n) is 11.4. The van der Waals surface area contributed by atoms with Crippen LogP contribution in [0.1, 0.15) is 16.7 Å². The van der Waals surface area contributed by atoms with E-state index in [2.05, 4.69) is 86.3 Å². The number of hydrogen-bond donors (Lipinski definition) is 0. The lowest BCUT2D eigenvalue weighted by molar-refractivity contribution is 1.53. The first kappa shape index (κ1) is 18.4. The summed E-state index contributed by atoms with van der Waals surface area (Å²) < 4.78 is 0. The van der Waals surface area contributed by atoms with Crippen LogP contribution in [0, 0.1) is 27.3 Å². The summed E-state index contributed by atoms with van der Waals surface area (Å²) in [7, 11) is 0. The van der Waals surface area contributed by atoms with Gasteiger partial charge in [0.25, 0.3) is 0 Å². The maximum absolute atomic E-state index is 7.41. The van der Waals surface area contributed by atoms with Crippen LogP contribution in [0.2, 0.25) is 0 Å². The van der Waals surface area contributed by atoms with Gasteiger partial charge in [-0.1, -0.05) is 54.6 Å². The van der Waals surface area contributed by atoms with E-state index in [1.807, 2.05) is 12.1 Å². The van der Waals surface area contributed by atoms with Crippen LogP contribution >= 0.6 is 0 Å². The van der Waals surface area contributed by atoms with Gasteiger partial charge in [-0.2, -0.15) is 0 Å². The molecule has 6 aromatic rings. The van der Waals surface area contributed by atoms with Gasteiger partial charge in [0.1, 0.15) is 0 Å². The zero-order valence-electron chi connectivity index (χ0n) is 18.9. The molecular weight excluding hydrogens is 398 g/mol. The van der Waals surface area contributed by atoms with Crippen LogP contribution in [0.4, 0.5) is 5.69 Å². The van der Waals surface area contributed by atoms with Crippen molar-refractivity contribution in [1.82, 2.24) is 0 Å². The molecule has 0 atom stereocenters. The zero-order valence-corrected chi connectivity index (χ0v) is 18.9. The van der Waals surface area contributed by atoms with E-state index in [9.17, 15) is 0 Å². The number of rotatable bonds is 0.